The summed E-state index contributed by atoms with van der Waals surface area (Å²) in [5, 5.41) is 52.6. The summed E-state index contributed by atoms with van der Waals surface area (Å²) in [5.41, 5.74) is -2.40. The van der Waals surface area contributed by atoms with E-state index in [4.69, 9.17) is 16.3 Å². The summed E-state index contributed by atoms with van der Waals surface area (Å²) in [7, 11) is 0. The van der Waals surface area contributed by atoms with Crippen molar-refractivity contribution < 1.29 is 35.1 Å². The van der Waals surface area contributed by atoms with Gasteiger partial charge in [-0.25, -0.2) is 4.79 Å². The highest BCUT2D eigenvalue weighted by Gasteiger charge is 2.74. The fourth-order valence-electron chi connectivity index (χ4n) is 6.34. The number of ether oxygens (including phenoxy) is 1. The molecule has 0 bridgehead atoms. The van der Waals surface area contributed by atoms with E-state index in [1.807, 2.05) is 26.8 Å². The summed E-state index contributed by atoms with van der Waals surface area (Å²) in [6.07, 6.45) is 1.24. The van der Waals surface area contributed by atoms with Crippen LogP contribution in [-0.4, -0.2) is 55.9 Å². The van der Waals surface area contributed by atoms with Gasteiger partial charge in [-0.3, -0.25) is 0 Å². The maximum Gasteiger partial charge on any atom is 0.342 e. The van der Waals surface area contributed by atoms with Crippen LogP contribution in [0.1, 0.15) is 49.5 Å². The SMILES string of the molecule is Cc1c(Cl)c(O)cc(O)c1C(=O)O[C@@H]1C[C@]2(C)[C@H]3[C@@H](O)C(C)(C)C[C@@H]3C=C(CO)[C@]12O. The minimum atomic E-state index is -1.63. The monoisotopic (exact) mass is 452 g/mol. The number of fused-ring (bicyclic) bond motifs is 3. The zero-order valence-electron chi connectivity index (χ0n) is 18.0. The highest BCUT2D eigenvalue weighted by Crippen LogP contribution is 2.68. The van der Waals surface area contributed by atoms with Crippen molar-refractivity contribution in [3.05, 3.63) is 33.9 Å². The number of benzene rings is 1. The number of phenolic OH excluding ortho intramolecular Hbond substituents is 2. The molecule has 0 saturated heterocycles. The molecule has 0 spiro atoms. The fraction of sp³-hybridized carbons (Fsp3) is 0.609. The maximum atomic E-state index is 12.9. The highest BCUT2D eigenvalue weighted by atomic mass is 35.5. The van der Waals surface area contributed by atoms with Gasteiger partial charge in [-0.15, -0.1) is 0 Å². The minimum Gasteiger partial charge on any atom is -0.507 e. The highest BCUT2D eigenvalue weighted by molar-refractivity contribution is 6.33. The lowest BCUT2D eigenvalue weighted by molar-refractivity contribution is -0.260. The molecule has 0 aliphatic heterocycles. The molecular formula is C23H29ClO7. The van der Waals surface area contributed by atoms with Gasteiger partial charge in [0.05, 0.1) is 17.7 Å². The van der Waals surface area contributed by atoms with E-state index in [0.29, 0.717) is 12.0 Å². The molecule has 0 aromatic heterocycles. The van der Waals surface area contributed by atoms with Crippen LogP contribution in [-0.2, 0) is 4.74 Å². The van der Waals surface area contributed by atoms with E-state index in [9.17, 15) is 30.3 Å². The van der Waals surface area contributed by atoms with Gasteiger partial charge in [0, 0.05) is 17.4 Å². The summed E-state index contributed by atoms with van der Waals surface area (Å²) < 4.78 is 5.61. The van der Waals surface area contributed by atoms with E-state index < -0.39 is 41.5 Å². The molecule has 31 heavy (non-hydrogen) atoms. The van der Waals surface area contributed by atoms with Crippen LogP contribution in [0.2, 0.25) is 5.02 Å². The van der Waals surface area contributed by atoms with Crippen LogP contribution in [0.15, 0.2) is 17.7 Å². The van der Waals surface area contributed by atoms with Crippen LogP contribution in [0.4, 0.5) is 0 Å². The number of carbonyl (C=O) groups is 1. The van der Waals surface area contributed by atoms with Crippen LogP contribution in [0.25, 0.3) is 0 Å². The zero-order valence-corrected chi connectivity index (χ0v) is 18.8. The number of allylic oxidation sites excluding steroid dienone is 1. The van der Waals surface area contributed by atoms with Gasteiger partial charge in [0.2, 0.25) is 0 Å². The maximum absolute atomic E-state index is 12.9. The lowest BCUT2D eigenvalue weighted by atomic mass is 9.43. The van der Waals surface area contributed by atoms with Gasteiger partial charge in [-0.1, -0.05) is 38.4 Å². The Morgan fingerprint density at radius 3 is 2.48 bits per heavy atom. The second-order valence-electron chi connectivity index (χ2n) is 10.2. The Bertz CT molecular complexity index is 987. The largest absolute Gasteiger partial charge is 0.507 e. The number of phenols is 2. The van der Waals surface area contributed by atoms with Gasteiger partial charge in [0.15, 0.2) is 0 Å². The van der Waals surface area contributed by atoms with Gasteiger partial charge >= 0.3 is 5.97 Å². The smallest absolute Gasteiger partial charge is 0.342 e. The van der Waals surface area contributed by atoms with Crippen molar-refractivity contribution in [1.29, 1.82) is 0 Å². The van der Waals surface area contributed by atoms with E-state index >= 15 is 0 Å². The lowest BCUT2D eigenvalue weighted by Gasteiger charge is -2.65. The van der Waals surface area contributed by atoms with E-state index in [-0.39, 0.29) is 39.1 Å². The predicted molar refractivity (Wildman–Crippen MR) is 113 cm³/mol. The van der Waals surface area contributed by atoms with Crippen molar-refractivity contribution in [2.75, 3.05) is 6.61 Å². The summed E-state index contributed by atoms with van der Waals surface area (Å²) in [6, 6.07) is 0.965. The molecule has 170 valence electrons. The Balaban J connectivity index is 1.68. The first-order chi connectivity index (χ1) is 14.3. The third kappa shape index (κ3) is 2.80. The summed E-state index contributed by atoms with van der Waals surface area (Å²) in [4.78, 5) is 12.9. The molecule has 2 saturated carbocycles. The fourth-order valence-corrected chi connectivity index (χ4v) is 6.49. The number of esters is 1. The molecule has 3 aliphatic carbocycles. The van der Waals surface area contributed by atoms with E-state index in [2.05, 4.69) is 0 Å². The molecular weight excluding hydrogens is 424 g/mol. The van der Waals surface area contributed by atoms with Gasteiger partial charge in [0.1, 0.15) is 28.8 Å². The number of hydrogen-bond donors (Lipinski definition) is 5. The van der Waals surface area contributed by atoms with Gasteiger partial charge in [0.25, 0.3) is 0 Å². The molecule has 1 aromatic rings. The molecule has 0 unspecified atom stereocenters. The average Bonchev–Trinajstić information content (AvgIpc) is 2.91. The number of aliphatic hydroxyl groups is 3. The van der Waals surface area contributed by atoms with Gasteiger partial charge < -0.3 is 30.3 Å². The number of aliphatic hydroxyl groups excluding tert-OH is 2. The summed E-state index contributed by atoms with van der Waals surface area (Å²) in [5.74, 6) is -1.95. The first-order valence-electron chi connectivity index (χ1n) is 10.4. The van der Waals surface area contributed by atoms with Crippen molar-refractivity contribution in [2.45, 2.75) is 58.3 Å². The van der Waals surface area contributed by atoms with E-state index in [1.165, 1.54) is 6.92 Å². The molecule has 6 atom stereocenters. The molecule has 0 heterocycles. The van der Waals surface area contributed by atoms with Gasteiger partial charge in [-0.05, 0) is 42.2 Å². The van der Waals surface area contributed by atoms with Crippen molar-refractivity contribution in [1.82, 2.24) is 0 Å². The van der Waals surface area contributed by atoms with Crippen molar-refractivity contribution in [2.24, 2.45) is 22.7 Å². The second-order valence-corrected chi connectivity index (χ2v) is 10.6. The molecule has 4 rings (SSSR count). The number of hydrogen-bond acceptors (Lipinski definition) is 7. The Hall–Kier alpha value is -1.80. The van der Waals surface area contributed by atoms with Crippen LogP contribution in [0, 0.1) is 29.6 Å². The van der Waals surface area contributed by atoms with Gasteiger partial charge in [-0.2, -0.15) is 0 Å². The second kappa shape index (κ2) is 6.85. The van der Waals surface area contributed by atoms with Crippen LogP contribution < -0.4 is 0 Å². The zero-order chi connectivity index (χ0) is 23.1. The van der Waals surface area contributed by atoms with E-state index in [0.717, 1.165) is 12.5 Å². The molecule has 0 radical (unpaired) electrons. The summed E-state index contributed by atoms with van der Waals surface area (Å²) in [6.45, 7) is 6.92. The number of halogens is 1. The lowest BCUT2D eigenvalue weighted by Crippen LogP contribution is -2.74. The molecule has 5 N–H and O–H groups in total. The topological polar surface area (TPSA) is 127 Å². The Labute approximate surface area is 185 Å². The molecule has 2 fully saturated rings. The van der Waals surface area contributed by atoms with Crippen molar-refractivity contribution in [3.8, 4) is 11.5 Å². The number of rotatable bonds is 3. The first kappa shape index (κ1) is 22.4. The van der Waals surface area contributed by atoms with Crippen LogP contribution >= 0.6 is 11.6 Å². The van der Waals surface area contributed by atoms with E-state index in [1.54, 1.807) is 0 Å². The Kier molecular flexibility index (Phi) is 4.95. The molecule has 3 aliphatic rings. The van der Waals surface area contributed by atoms with Crippen LogP contribution in [0.3, 0.4) is 0 Å². The first-order valence-corrected chi connectivity index (χ1v) is 10.8. The number of carbonyl (C=O) groups excluding carboxylic acids is 1. The minimum absolute atomic E-state index is 0.0104. The predicted octanol–water partition coefficient (Wildman–Crippen LogP) is 2.68. The molecule has 0 amide bonds. The quantitative estimate of drug-likeness (QED) is 0.352. The van der Waals surface area contributed by atoms with Crippen molar-refractivity contribution >= 4 is 17.6 Å². The Morgan fingerprint density at radius 1 is 1.23 bits per heavy atom. The Morgan fingerprint density at radius 2 is 1.87 bits per heavy atom. The van der Waals surface area contributed by atoms with Crippen molar-refractivity contribution in [3.63, 3.8) is 0 Å². The molecule has 1 aromatic carbocycles. The third-order valence-corrected chi connectivity index (χ3v) is 8.51. The normalized spacial score (nSPS) is 38.0. The molecule has 7 nitrogen and oxygen atoms in total. The van der Waals surface area contributed by atoms with Crippen LogP contribution in [0.5, 0.6) is 11.5 Å². The standard InChI is InChI=1S/C23H29ClO7/c1-10-16(13(26)6-14(27)18(10)24)20(29)31-15-8-22(4)17-11(7-21(2,3)19(17)28)5-12(9-25)23(15,22)30/h5-6,11,15,17,19,25-28,30H,7-9H2,1-4H3/t11-,15+,17+,19+,22+,23-/m0/s1. The number of aromatic hydroxyl groups is 2. The summed E-state index contributed by atoms with van der Waals surface area (Å²) >= 11 is 6.00. The molecule has 8 heteroatoms. The average molecular weight is 453 g/mol. The third-order valence-electron chi connectivity index (χ3n) is 8.03.